The molecule has 2 aromatic rings. The normalized spacial score (nSPS) is 13.7. The van der Waals surface area contributed by atoms with Crippen molar-refractivity contribution in [1.82, 2.24) is 16.0 Å². The van der Waals surface area contributed by atoms with E-state index in [0.717, 1.165) is 5.56 Å². The van der Waals surface area contributed by atoms with Crippen molar-refractivity contribution in [2.24, 2.45) is 11.8 Å². The van der Waals surface area contributed by atoms with Gasteiger partial charge < -0.3 is 25.5 Å². The summed E-state index contributed by atoms with van der Waals surface area (Å²) in [7, 11) is 0. The quantitative estimate of drug-likeness (QED) is 0.321. The molecule has 0 fully saturated rings. The van der Waals surface area contributed by atoms with Crippen LogP contribution in [0.4, 0.5) is 4.79 Å². The van der Waals surface area contributed by atoms with E-state index in [0.29, 0.717) is 6.42 Å². The number of carbonyl (C=O) groups is 4. The zero-order chi connectivity index (χ0) is 26.0. The number of benzene rings is 1. The van der Waals surface area contributed by atoms with Crippen LogP contribution in [0, 0.1) is 11.8 Å². The molecule has 0 aliphatic rings. The summed E-state index contributed by atoms with van der Waals surface area (Å²) < 4.78 is 5.23. The number of rotatable bonds is 13. The van der Waals surface area contributed by atoms with Crippen LogP contribution in [-0.2, 0) is 16.0 Å². The highest BCUT2D eigenvalue weighted by molar-refractivity contribution is 6.01. The minimum Gasteiger partial charge on any atom is -0.465 e. The number of ketones is 1. The maximum atomic E-state index is 13.4. The van der Waals surface area contributed by atoms with Gasteiger partial charge in [0.05, 0.1) is 12.3 Å². The van der Waals surface area contributed by atoms with Crippen molar-refractivity contribution >= 4 is 23.7 Å². The first-order chi connectivity index (χ1) is 16.6. The number of amides is 3. The molecule has 1 aromatic heterocycles. The average molecular weight is 486 g/mol. The molecule has 3 unspecified atom stereocenters. The number of hydrogen-bond acceptors (Lipinski definition) is 5. The maximum Gasteiger partial charge on any atom is 0.405 e. The molecule has 2 rings (SSSR count). The van der Waals surface area contributed by atoms with Gasteiger partial charge in [-0.05, 0) is 42.4 Å². The Morgan fingerprint density at radius 3 is 1.89 bits per heavy atom. The third-order valence-electron chi connectivity index (χ3n) is 5.34. The molecule has 0 aliphatic carbocycles. The van der Waals surface area contributed by atoms with Crippen molar-refractivity contribution in [3.05, 3.63) is 60.1 Å². The summed E-state index contributed by atoms with van der Waals surface area (Å²) in [5.74, 6) is -1.20. The van der Waals surface area contributed by atoms with Crippen LogP contribution in [0.5, 0.6) is 0 Å². The van der Waals surface area contributed by atoms with E-state index in [1.54, 1.807) is 12.1 Å². The fraction of sp³-hybridized carbons (Fsp3) is 0.462. The fourth-order valence-corrected chi connectivity index (χ4v) is 3.75. The lowest BCUT2D eigenvalue weighted by Gasteiger charge is -2.26. The first-order valence-electron chi connectivity index (χ1n) is 11.8. The van der Waals surface area contributed by atoms with E-state index in [-0.39, 0.29) is 36.2 Å². The van der Waals surface area contributed by atoms with Gasteiger partial charge in [0, 0.05) is 6.42 Å². The minimum atomic E-state index is -1.32. The second kappa shape index (κ2) is 13.3. The average Bonchev–Trinajstić information content (AvgIpc) is 3.32. The summed E-state index contributed by atoms with van der Waals surface area (Å²) >= 11 is 0. The maximum absolute atomic E-state index is 13.4. The molecule has 3 amide bonds. The van der Waals surface area contributed by atoms with Crippen LogP contribution in [-0.4, -0.2) is 46.9 Å². The van der Waals surface area contributed by atoms with E-state index >= 15 is 0 Å². The number of nitrogens with one attached hydrogen (secondary N) is 3. The SMILES string of the molecule is CC(C)CC(NC(=O)O)C(=O)NC(Cc1ccccc1)C(=O)NC(CC(C)C)C(=O)c1ccco1. The lowest BCUT2D eigenvalue weighted by atomic mass is 9.97. The molecule has 190 valence electrons. The molecule has 0 saturated heterocycles. The van der Waals surface area contributed by atoms with Crippen LogP contribution in [0.1, 0.15) is 56.7 Å². The fourth-order valence-electron chi connectivity index (χ4n) is 3.75. The molecule has 3 atom stereocenters. The number of carbonyl (C=O) groups excluding carboxylic acids is 3. The van der Waals surface area contributed by atoms with Gasteiger partial charge in [-0.3, -0.25) is 14.4 Å². The molecule has 0 spiro atoms. The Labute approximate surface area is 205 Å². The van der Waals surface area contributed by atoms with Crippen LogP contribution >= 0.6 is 0 Å². The highest BCUT2D eigenvalue weighted by atomic mass is 16.4. The Hall–Kier alpha value is -3.62. The summed E-state index contributed by atoms with van der Waals surface area (Å²) in [6.07, 6.45) is 0.891. The Balaban J connectivity index is 2.26. The second-order valence-electron chi connectivity index (χ2n) is 9.41. The zero-order valence-corrected chi connectivity index (χ0v) is 20.6. The number of Topliss-reactive ketones (excluding diaryl/α,β-unsaturated/α-hetero) is 1. The van der Waals surface area contributed by atoms with Crippen molar-refractivity contribution in [2.75, 3.05) is 0 Å². The first kappa shape index (κ1) is 27.6. The molecule has 1 aromatic carbocycles. The topological polar surface area (TPSA) is 138 Å². The molecule has 0 radical (unpaired) electrons. The Bertz CT molecular complexity index is 972. The van der Waals surface area contributed by atoms with Crippen LogP contribution < -0.4 is 16.0 Å². The second-order valence-corrected chi connectivity index (χ2v) is 9.41. The largest absolute Gasteiger partial charge is 0.465 e. The van der Waals surface area contributed by atoms with Gasteiger partial charge in [0.15, 0.2) is 5.76 Å². The molecule has 4 N–H and O–H groups in total. The number of hydrogen-bond donors (Lipinski definition) is 4. The van der Waals surface area contributed by atoms with E-state index in [1.807, 2.05) is 58.0 Å². The lowest BCUT2D eigenvalue weighted by Crippen LogP contribution is -2.56. The Kier molecular flexibility index (Phi) is 10.5. The van der Waals surface area contributed by atoms with Crippen LogP contribution in [0.2, 0.25) is 0 Å². The van der Waals surface area contributed by atoms with Crippen LogP contribution in [0.15, 0.2) is 53.1 Å². The number of carboxylic acid groups (broad SMARTS) is 1. The van der Waals surface area contributed by atoms with Gasteiger partial charge in [0.1, 0.15) is 12.1 Å². The highest BCUT2D eigenvalue weighted by Gasteiger charge is 2.31. The van der Waals surface area contributed by atoms with Crippen molar-refractivity contribution < 1.29 is 28.7 Å². The van der Waals surface area contributed by atoms with Crippen molar-refractivity contribution in [2.45, 2.75) is 65.1 Å². The summed E-state index contributed by atoms with van der Waals surface area (Å²) in [4.78, 5) is 50.6. The molecule has 0 saturated carbocycles. The Morgan fingerprint density at radius 2 is 1.34 bits per heavy atom. The molecular formula is C26H35N3O6. The van der Waals surface area contributed by atoms with Gasteiger partial charge in [-0.15, -0.1) is 0 Å². The minimum absolute atomic E-state index is 0.0420. The standard InChI is InChI=1S/C26H35N3O6/c1-16(2)13-19(23(30)22-11-8-12-35-22)27-25(32)21(15-18-9-6-5-7-10-18)28-24(31)20(14-17(3)4)29-26(33)34/h5-12,16-17,19-21,29H,13-15H2,1-4H3,(H,27,32)(H,28,31)(H,33,34). The monoisotopic (exact) mass is 485 g/mol. The van der Waals surface area contributed by atoms with Gasteiger partial charge in [-0.1, -0.05) is 58.0 Å². The number of furan rings is 1. The molecule has 35 heavy (non-hydrogen) atoms. The zero-order valence-electron chi connectivity index (χ0n) is 20.6. The van der Waals surface area contributed by atoms with E-state index in [4.69, 9.17) is 9.52 Å². The van der Waals surface area contributed by atoms with E-state index in [1.165, 1.54) is 6.26 Å². The first-order valence-corrected chi connectivity index (χ1v) is 11.8. The summed E-state index contributed by atoms with van der Waals surface area (Å²) in [5.41, 5.74) is 0.803. The summed E-state index contributed by atoms with van der Waals surface area (Å²) in [6.45, 7) is 7.61. The molecule has 0 aliphatic heterocycles. The van der Waals surface area contributed by atoms with Gasteiger partial charge >= 0.3 is 6.09 Å². The predicted molar refractivity (Wildman–Crippen MR) is 131 cm³/mol. The molecule has 9 nitrogen and oxygen atoms in total. The van der Waals surface area contributed by atoms with Crippen LogP contribution in [0.25, 0.3) is 0 Å². The molecule has 0 bridgehead atoms. The van der Waals surface area contributed by atoms with Crippen molar-refractivity contribution in [3.63, 3.8) is 0 Å². The lowest BCUT2D eigenvalue weighted by molar-refractivity contribution is -0.130. The van der Waals surface area contributed by atoms with Gasteiger partial charge in [0.25, 0.3) is 0 Å². The highest BCUT2D eigenvalue weighted by Crippen LogP contribution is 2.14. The van der Waals surface area contributed by atoms with E-state index in [9.17, 15) is 19.2 Å². The van der Waals surface area contributed by atoms with Gasteiger partial charge in [-0.25, -0.2) is 4.79 Å². The summed E-state index contributed by atoms with van der Waals surface area (Å²) in [6, 6.07) is 9.40. The van der Waals surface area contributed by atoms with Gasteiger partial charge in [-0.2, -0.15) is 0 Å². The smallest absolute Gasteiger partial charge is 0.405 e. The summed E-state index contributed by atoms with van der Waals surface area (Å²) in [5, 5.41) is 16.9. The van der Waals surface area contributed by atoms with Gasteiger partial charge in [0.2, 0.25) is 17.6 Å². The molecular weight excluding hydrogens is 450 g/mol. The Morgan fingerprint density at radius 1 is 0.771 bits per heavy atom. The van der Waals surface area contributed by atoms with E-state index < -0.39 is 36.0 Å². The van der Waals surface area contributed by atoms with E-state index in [2.05, 4.69) is 16.0 Å². The third-order valence-corrected chi connectivity index (χ3v) is 5.34. The van der Waals surface area contributed by atoms with Crippen LogP contribution in [0.3, 0.4) is 0 Å². The van der Waals surface area contributed by atoms with Crippen molar-refractivity contribution in [1.29, 1.82) is 0 Å². The predicted octanol–water partition coefficient (Wildman–Crippen LogP) is 3.40. The third kappa shape index (κ3) is 9.27. The molecule has 1 heterocycles. The van der Waals surface area contributed by atoms with Crippen molar-refractivity contribution in [3.8, 4) is 0 Å². The molecule has 9 heteroatoms.